The number of H-pyrrole nitrogens is 1. The molecule has 1 N–H and O–H groups in total. The van der Waals surface area contributed by atoms with Crippen LogP contribution < -0.4 is 11.2 Å². The highest BCUT2D eigenvalue weighted by Gasteiger charge is 2.23. The third-order valence-corrected chi connectivity index (χ3v) is 7.93. The lowest BCUT2D eigenvalue weighted by molar-refractivity contribution is 0.219. The molecule has 0 aliphatic rings. The first-order chi connectivity index (χ1) is 17.8. The first kappa shape index (κ1) is 30.3. The SMILES string of the molecule is C#CCn1c(=O)c2[nH]c(CCc3ccccc3C)nc2n(CCCCP(=O)(OCC)OCC)c1=O.CC. The Morgan fingerprint density at radius 1 is 1.05 bits per heavy atom. The fraction of sp³-hybridized carbons (Fsp3) is 0.519. The molecule has 0 aliphatic heterocycles. The van der Waals surface area contributed by atoms with Gasteiger partial charge in [0.15, 0.2) is 5.65 Å². The molecule has 2 aromatic heterocycles. The molecule has 0 aliphatic carbocycles. The van der Waals surface area contributed by atoms with Crippen molar-refractivity contribution in [2.24, 2.45) is 0 Å². The topological polar surface area (TPSA) is 108 Å². The number of hydrogen-bond donors (Lipinski definition) is 1. The summed E-state index contributed by atoms with van der Waals surface area (Å²) < 4.78 is 25.9. The lowest BCUT2D eigenvalue weighted by Gasteiger charge is -2.17. The maximum Gasteiger partial charge on any atom is 0.333 e. The Bertz CT molecular complexity index is 1360. The van der Waals surface area contributed by atoms with Crippen LogP contribution >= 0.6 is 7.60 Å². The molecule has 0 radical (unpaired) electrons. The summed E-state index contributed by atoms with van der Waals surface area (Å²) in [5, 5.41) is 0. The van der Waals surface area contributed by atoms with Gasteiger partial charge in [0.2, 0.25) is 0 Å². The highest BCUT2D eigenvalue weighted by atomic mass is 31.2. The lowest BCUT2D eigenvalue weighted by atomic mass is 10.0. The summed E-state index contributed by atoms with van der Waals surface area (Å²) in [6.07, 6.45) is 8.04. The summed E-state index contributed by atoms with van der Waals surface area (Å²) in [6, 6.07) is 8.11. The normalized spacial score (nSPS) is 11.2. The number of aromatic amines is 1. The number of nitrogens with one attached hydrogen (secondary N) is 1. The first-order valence-electron chi connectivity index (χ1n) is 12.9. The van der Waals surface area contributed by atoms with Crippen LogP contribution in [0.1, 0.15) is 57.5 Å². The number of hydrogen-bond acceptors (Lipinski definition) is 6. The van der Waals surface area contributed by atoms with E-state index in [-0.39, 0.29) is 18.2 Å². The zero-order valence-corrected chi connectivity index (χ0v) is 23.5. The summed E-state index contributed by atoms with van der Waals surface area (Å²) in [4.78, 5) is 33.8. The van der Waals surface area contributed by atoms with Crippen molar-refractivity contribution in [1.29, 1.82) is 0 Å². The van der Waals surface area contributed by atoms with Gasteiger partial charge in [0, 0.05) is 13.0 Å². The van der Waals surface area contributed by atoms with Gasteiger partial charge in [-0.05, 0) is 51.2 Å². The Kier molecular flexibility index (Phi) is 12.1. The van der Waals surface area contributed by atoms with E-state index >= 15 is 0 Å². The molecule has 202 valence electrons. The standard InChI is InChI=1S/C25H33N4O5P.C2H6/c1-5-16-29-24(30)22-23(27-21(26-22)15-14-20-13-9-8-12-19(20)4)28(25(29)31)17-10-11-18-35(32,33-6-2)34-7-3;1-2/h1,8-9,12-13H,6-7,10-11,14-18H2,2-4H3,(H,26,27);1-2H3. The Hall–Kier alpha value is -2.92. The summed E-state index contributed by atoms with van der Waals surface area (Å²) in [5.41, 5.74) is 1.97. The number of aromatic nitrogens is 4. The van der Waals surface area contributed by atoms with Crippen LogP contribution in [0.15, 0.2) is 33.9 Å². The third kappa shape index (κ3) is 7.78. The highest BCUT2D eigenvalue weighted by molar-refractivity contribution is 7.53. The van der Waals surface area contributed by atoms with Crippen LogP contribution in [-0.4, -0.2) is 38.5 Å². The van der Waals surface area contributed by atoms with Crippen molar-refractivity contribution in [3.8, 4) is 12.3 Å². The molecule has 3 rings (SSSR count). The maximum absolute atomic E-state index is 13.1. The van der Waals surface area contributed by atoms with E-state index in [1.807, 2.05) is 26.0 Å². The zero-order chi connectivity index (χ0) is 27.4. The number of nitrogens with zero attached hydrogens (tertiary/aromatic N) is 3. The monoisotopic (exact) mass is 530 g/mol. The average molecular weight is 531 g/mol. The van der Waals surface area contributed by atoms with Crippen LogP contribution in [0.4, 0.5) is 0 Å². The number of aryl methyl sites for hydroxylation is 4. The van der Waals surface area contributed by atoms with Gasteiger partial charge >= 0.3 is 13.3 Å². The van der Waals surface area contributed by atoms with Gasteiger partial charge in [-0.3, -0.25) is 13.9 Å². The Morgan fingerprint density at radius 2 is 1.73 bits per heavy atom. The van der Waals surface area contributed by atoms with Crippen molar-refractivity contribution in [3.63, 3.8) is 0 Å². The van der Waals surface area contributed by atoms with E-state index < -0.39 is 18.8 Å². The van der Waals surface area contributed by atoms with E-state index in [1.54, 1.807) is 13.8 Å². The van der Waals surface area contributed by atoms with E-state index in [9.17, 15) is 14.2 Å². The lowest BCUT2D eigenvalue weighted by Crippen LogP contribution is -2.40. The molecule has 0 saturated heterocycles. The zero-order valence-electron chi connectivity index (χ0n) is 22.6. The van der Waals surface area contributed by atoms with Crippen molar-refractivity contribution in [1.82, 2.24) is 19.1 Å². The van der Waals surface area contributed by atoms with Gasteiger partial charge in [-0.15, -0.1) is 6.42 Å². The van der Waals surface area contributed by atoms with Crippen LogP contribution in [0.5, 0.6) is 0 Å². The Labute approximate surface area is 218 Å². The van der Waals surface area contributed by atoms with Gasteiger partial charge in [-0.2, -0.15) is 0 Å². The molecule has 10 heteroatoms. The third-order valence-electron chi connectivity index (χ3n) is 5.77. The molecule has 0 saturated carbocycles. The number of terminal acetylenes is 1. The van der Waals surface area contributed by atoms with Crippen molar-refractivity contribution in [2.45, 2.75) is 73.4 Å². The number of rotatable bonds is 13. The smallest absolute Gasteiger partial charge is 0.333 e. The fourth-order valence-electron chi connectivity index (χ4n) is 4.04. The molecule has 0 unspecified atom stereocenters. The molecule has 37 heavy (non-hydrogen) atoms. The molecule has 1 aromatic carbocycles. The van der Waals surface area contributed by atoms with Gasteiger partial charge in [-0.1, -0.05) is 44.0 Å². The number of unbranched alkanes of at least 4 members (excludes halogenated alkanes) is 1. The molecule has 3 aromatic rings. The van der Waals surface area contributed by atoms with Crippen LogP contribution in [0.3, 0.4) is 0 Å². The van der Waals surface area contributed by atoms with Gasteiger partial charge < -0.3 is 14.0 Å². The number of fused-ring (bicyclic) bond motifs is 1. The Morgan fingerprint density at radius 3 is 2.35 bits per heavy atom. The van der Waals surface area contributed by atoms with Gasteiger partial charge in [0.25, 0.3) is 5.56 Å². The van der Waals surface area contributed by atoms with Crippen molar-refractivity contribution in [2.75, 3.05) is 19.4 Å². The van der Waals surface area contributed by atoms with Crippen LogP contribution in [0, 0.1) is 19.3 Å². The van der Waals surface area contributed by atoms with Crippen LogP contribution in [0.2, 0.25) is 0 Å². The van der Waals surface area contributed by atoms with Gasteiger partial charge in [0.1, 0.15) is 11.3 Å². The van der Waals surface area contributed by atoms with Crippen LogP contribution in [-0.2, 0) is 39.5 Å². The average Bonchev–Trinajstić information content (AvgIpc) is 3.31. The quantitative estimate of drug-likeness (QED) is 0.195. The van der Waals surface area contributed by atoms with Gasteiger partial charge in [-0.25, -0.2) is 14.3 Å². The summed E-state index contributed by atoms with van der Waals surface area (Å²) in [7, 11) is -3.16. The minimum Gasteiger partial charge on any atom is -0.336 e. The predicted octanol–water partition coefficient (Wildman–Crippen LogP) is 4.69. The Balaban J connectivity index is 0.00000235. The second-order valence-electron chi connectivity index (χ2n) is 8.22. The fourth-order valence-corrected chi connectivity index (χ4v) is 5.77. The summed E-state index contributed by atoms with van der Waals surface area (Å²) in [5.74, 6) is 3.01. The molecular weight excluding hydrogens is 491 g/mol. The van der Waals surface area contributed by atoms with Crippen LogP contribution in [0.25, 0.3) is 11.2 Å². The van der Waals surface area contributed by atoms with E-state index in [0.29, 0.717) is 50.5 Å². The van der Waals surface area contributed by atoms with E-state index in [2.05, 4.69) is 34.9 Å². The predicted molar refractivity (Wildman–Crippen MR) is 148 cm³/mol. The molecule has 0 bridgehead atoms. The second-order valence-corrected chi connectivity index (χ2v) is 10.4. The summed E-state index contributed by atoms with van der Waals surface area (Å²) in [6.45, 7) is 10.4. The van der Waals surface area contributed by atoms with Crippen molar-refractivity contribution in [3.05, 3.63) is 62.1 Å². The van der Waals surface area contributed by atoms with Gasteiger partial charge in [0.05, 0.1) is 25.9 Å². The summed E-state index contributed by atoms with van der Waals surface area (Å²) >= 11 is 0. The number of benzene rings is 1. The number of imidazole rings is 1. The van der Waals surface area contributed by atoms with Crippen molar-refractivity contribution < 1.29 is 13.6 Å². The second kappa shape index (κ2) is 14.7. The largest absolute Gasteiger partial charge is 0.336 e. The van der Waals surface area contributed by atoms with E-state index in [0.717, 1.165) is 11.0 Å². The molecule has 0 fully saturated rings. The molecule has 0 spiro atoms. The molecule has 0 atom stereocenters. The van der Waals surface area contributed by atoms with E-state index in [4.69, 9.17) is 15.5 Å². The van der Waals surface area contributed by atoms with Crippen molar-refractivity contribution >= 4 is 18.8 Å². The van der Waals surface area contributed by atoms with E-state index in [1.165, 1.54) is 15.7 Å². The molecule has 0 amide bonds. The molecule has 9 nitrogen and oxygen atoms in total. The first-order valence-corrected chi connectivity index (χ1v) is 14.6. The minimum absolute atomic E-state index is 0.130. The highest BCUT2D eigenvalue weighted by Crippen LogP contribution is 2.48. The molecular formula is C27H39N4O5P. The molecule has 2 heterocycles. The maximum atomic E-state index is 13.1. The minimum atomic E-state index is -3.16.